The first kappa shape index (κ1) is 13.2. The van der Waals surface area contributed by atoms with E-state index < -0.39 is 17.6 Å². The topological polar surface area (TPSA) is 24.9 Å². The molecule has 6 heteroatoms. The Kier molecular flexibility index (Phi) is 4.92. The highest BCUT2D eigenvalue weighted by molar-refractivity contribution is 7.99. The second kappa shape index (κ2) is 5.98. The second-order valence-corrected chi connectivity index (χ2v) is 4.62. The summed E-state index contributed by atoms with van der Waals surface area (Å²) < 4.78 is 38.5. The van der Waals surface area contributed by atoms with E-state index in [-0.39, 0.29) is 11.9 Å². The van der Waals surface area contributed by atoms with Gasteiger partial charge in [0.15, 0.2) is 17.5 Å². The average Bonchev–Trinajstić information content (AvgIpc) is 2.23. The number of halogens is 3. The minimum atomic E-state index is -1.29. The van der Waals surface area contributed by atoms with Crippen molar-refractivity contribution in [2.24, 2.45) is 0 Å². The van der Waals surface area contributed by atoms with E-state index in [9.17, 15) is 13.2 Å². The zero-order valence-corrected chi connectivity index (χ0v) is 9.87. The van der Waals surface area contributed by atoms with Crippen molar-refractivity contribution in [1.82, 2.24) is 4.98 Å². The standard InChI is InChI=1S/C10H13F3N2S/c1-3-16-5-6(2)14-10-8(12)4-7(11)9(13)15-10/h4,6H,3,5H2,1-2H3,(H,14,15). The van der Waals surface area contributed by atoms with Crippen LogP contribution in [-0.4, -0.2) is 22.5 Å². The van der Waals surface area contributed by atoms with Gasteiger partial charge in [-0.25, -0.2) is 8.78 Å². The van der Waals surface area contributed by atoms with Gasteiger partial charge in [0.05, 0.1) is 0 Å². The Balaban J connectivity index is 2.69. The van der Waals surface area contributed by atoms with Crippen molar-refractivity contribution >= 4 is 17.6 Å². The maximum Gasteiger partial charge on any atom is 0.251 e. The smallest absolute Gasteiger partial charge is 0.251 e. The third-order valence-electron chi connectivity index (χ3n) is 1.84. The van der Waals surface area contributed by atoms with Crippen molar-refractivity contribution < 1.29 is 13.2 Å². The second-order valence-electron chi connectivity index (χ2n) is 3.30. The van der Waals surface area contributed by atoms with E-state index in [0.29, 0.717) is 6.07 Å². The molecule has 90 valence electrons. The molecule has 0 fully saturated rings. The predicted molar refractivity (Wildman–Crippen MR) is 60.2 cm³/mol. The lowest BCUT2D eigenvalue weighted by Crippen LogP contribution is -2.20. The number of anilines is 1. The molecule has 1 aromatic heterocycles. The summed E-state index contributed by atoms with van der Waals surface area (Å²) in [6.45, 7) is 3.83. The summed E-state index contributed by atoms with van der Waals surface area (Å²) in [5.74, 6) is -2.01. The summed E-state index contributed by atoms with van der Waals surface area (Å²) in [5, 5.41) is 2.70. The van der Waals surface area contributed by atoms with Crippen LogP contribution >= 0.6 is 11.8 Å². The molecule has 1 aromatic rings. The first-order chi connectivity index (χ1) is 7.54. The lowest BCUT2D eigenvalue weighted by Gasteiger charge is -2.14. The van der Waals surface area contributed by atoms with Crippen LogP contribution in [0.15, 0.2) is 6.07 Å². The van der Waals surface area contributed by atoms with Crippen LogP contribution in [0.25, 0.3) is 0 Å². The molecule has 1 N–H and O–H groups in total. The molecule has 0 aliphatic rings. The Morgan fingerprint density at radius 2 is 2.06 bits per heavy atom. The van der Waals surface area contributed by atoms with E-state index in [4.69, 9.17) is 0 Å². The van der Waals surface area contributed by atoms with Crippen molar-refractivity contribution in [3.63, 3.8) is 0 Å². The quantitative estimate of drug-likeness (QED) is 0.813. The molecule has 0 spiro atoms. The van der Waals surface area contributed by atoms with Gasteiger partial charge in [0.1, 0.15) is 0 Å². The fraction of sp³-hybridized carbons (Fsp3) is 0.500. The minimum absolute atomic E-state index is 0.0585. The Morgan fingerprint density at radius 1 is 1.38 bits per heavy atom. The van der Waals surface area contributed by atoms with Crippen molar-refractivity contribution in [3.05, 3.63) is 23.6 Å². The number of thioether (sulfide) groups is 1. The van der Waals surface area contributed by atoms with Crippen LogP contribution in [-0.2, 0) is 0 Å². The van der Waals surface area contributed by atoms with Gasteiger partial charge >= 0.3 is 0 Å². The monoisotopic (exact) mass is 250 g/mol. The van der Waals surface area contributed by atoms with E-state index in [1.165, 1.54) is 0 Å². The molecule has 0 aliphatic heterocycles. The highest BCUT2D eigenvalue weighted by Crippen LogP contribution is 2.16. The van der Waals surface area contributed by atoms with Gasteiger partial charge in [0.25, 0.3) is 5.95 Å². The third kappa shape index (κ3) is 3.59. The molecule has 1 rings (SSSR count). The summed E-state index contributed by atoms with van der Waals surface area (Å²) in [4.78, 5) is 3.18. The van der Waals surface area contributed by atoms with Gasteiger partial charge in [0, 0.05) is 17.9 Å². The number of nitrogens with one attached hydrogen (secondary N) is 1. The minimum Gasteiger partial charge on any atom is -0.364 e. The molecular formula is C10H13F3N2S. The van der Waals surface area contributed by atoms with Crippen molar-refractivity contribution in [2.45, 2.75) is 19.9 Å². The highest BCUT2D eigenvalue weighted by atomic mass is 32.2. The van der Waals surface area contributed by atoms with Crippen LogP contribution in [0.3, 0.4) is 0 Å². The van der Waals surface area contributed by atoms with Gasteiger partial charge in [-0.15, -0.1) is 0 Å². The van der Waals surface area contributed by atoms with Gasteiger partial charge in [-0.05, 0) is 12.7 Å². The maximum absolute atomic E-state index is 13.2. The molecule has 0 saturated heterocycles. The van der Waals surface area contributed by atoms with E-state index >= 15 is 0 Å². The van der Waals surface area contributed by atoms with E-state index in [1.807, 2.05) is 13.8 Å². The summed E-state index contributed by atoms with van der Waals surface area (Å²) in [5.41, 5.74) is 0. The summed E-state index contributed by atoms with van der Waals surface area (Å²) in [6.07, 6.45) is 0. The highest BCUT2D eigenvalue weighted by Gasteiger charge is 2.13. The average molecular weight is 250 g/mol. The van der Waals surface area contributed by atoms with Crippen LogP contribution in [0.5, 0.6) is 0 Å². The molecule has 0 bridgehead atoms. The number of pyridine rings is 1. The Morgan fingerprint density at radius 3 is 2.69 bits per heavy atom. The molecule has 2 nitrogen and oxygen atoms in total. The van der Waals surface area contributed by atoms with Crippen LogP contribution in [0, 0.1) is 17.6 Å². The Bertz CT molecular complexity index is 360. The molecule has 1 heterocycles. The van der Waals surface area contributed by atoms with Gasteiger partial charge in [-0.1, -0.05) is 6.92 Å². The van der Waals surface area contributed by atoms with Gasteiger partial charge in [-0.3, -0.25) is 0 Å². The third-order valence-corrected chi connectivity index (χ3v) is 2.99. The fourth-order valence-electron chi connectivity index (χ4n) is 1.12. The molecule has 0 aromatic carbocycles. The summed E-state index contributed by atoms with van der Waals surface area (Å²) >= 11 is 1.67. The zero-order chi connectivity index (χ0) is 12.1. The summed E-state index contributed by atoms with van der Waals surface area (Å²) in [7, 11) is 0. The normalized spacial score (nSPS) is 12.6. The molecule has 1 unspecified atom stereocenters. The largest absolute Gasteiger partial charge is 0.364 e. The van der Waals surface area contributed by atoms with Gasteiger partial charge in [-0.2, -0.15) is 21.1 Å². The fourth-order valence-corrected chi connectivity index (χ4v) is 1.79. The Labute approximate surface area is 96.6 Å². The van der Waals surface area contributed by atoms with Crippen molar-refractivity contribution in [1.29, 1.82) is 0 Å². The lowest BCUT2D eigenvalue weighted by molar-refractivity contribution is 0.466. The number of aromatic nitrogens is 1. The SMILES string of the molecule is CCSCC(C)Nc1nc(F)c(F)cc1F. The van der Waals surface area contributed by atoms with Crippen molar-refractivity contribution in [2.75, 3.05) is 16.8 Å². The van der Waals surface area contributed by atoms with Gasteiger partial charge < -0.3 is 5.32 Å². The first-order valence-electron chi connectivity index (χ1n) is 4.90. The zero-order valence-electron chi connectivity index (χ0n) is 9.06. The van der Waals surface area contributed by atoms with E-state index in [1.54, 1.807) is 11.8 Å². The molecule has 1 atom stereocenters. The number of hydrogen-bond donors (Lipinski definition) is 1. The molecule has 0 radical (unpaired) electrons. The Hall–Kier alpha value is -0.910. The van der Waals surface area contributed by atoms with Crippen LogP contribution in [0.1, 0.15) is 13.8 Å². The maximum atomic E-state index is 13.2. The van der Waals surface area contributed by atoms with E-state index in [2.05, 4.69) is 10.3 Å². The predicted octanol–water partition coefficient (Wildman–Crippen LogP) is 3.05. The molecule has 0 aliphatic carbocycles. The number of nitrogens with zero attached hydrogens (tertiary/aromatic N) is 1. The number of rotatable bonds is 5. The van der Waals surface area contributed by atoms with Crippen LogP contribution < -0.4 is 5.32 Å². The van der Waals surface area contributed by atoms with Crippen molar-refractivity contribution in [3.8, 4) is 0 Å². The summed E-state index contributed by atoms with van der Waals surface area (Å²) in [6, 6.07) is 0.432. The molecule has 16 heavy (non-hydrogen) atoms. The number of hydrogen-bond acceptors (Lipinski definition) is 3. The molecule has 0 saturated carbocycles. The molecule has 0 amide bonds. The molecular weight excluding hydrogens is 237 g/mol. The van der Waals surface area contributed by atoms with Gasteiger partial charge in [0.2, 0.25) is 0 Å². The van der Waals surface area contributed by atoms with Crippen LogP contribution in [0.4, 0.5) is 19.0 Å². The van der Waals surface area contributed by atoms with E-state index in [0.717, 1.165) is 11.5 Å². The lowest BCUT2D eigenvalue weighted by atomic mass is 10.3. The first-order valence-corrected chi connectivity index (χ1v) is 6.05. The van der Waals surface area contributed by atoms with Crippen LogP contribution in [0.2, 0.25) is 0 Å².